The first kappa shape index (κ1) is 16.1. The summed E-state index contributed by atoms with van der Waals surface area (Å²) in [5.41, 5.74) is 2.38. The van der Waals surface area contributed by atoms with Crippen molar-refractivity contribution in [3.8, 4) is 0 Å². The molecule has 0 saturated carbocycles. The summed E-state index contributed by atoms with van der Waals surface area (Å²) in [4.78, 5) is 13.5. The number of benzene rings is 1. The highest BCUT2D eigenvalue weighted by Crippen LogP contribution is 2.29. The van der Waals surface area contributed by atoms with Crippen LogP contribution < -0.4 is 15.5 Å². The van der Waals surface area contributed by atoms with Gasteiger partial charge in [0.1, 0.15) is 0 Å². The number of halogens is 1. The van der Waals surface area contributed by atoms with Crippen molar-refractivity contribution < 1.29 is 4.79 Å². The van der Waals surface area contributed by atoms with Gasteiger partial charge in [-0.05, 0) is 31.5 Å². The molecule has 2 rings (SSSR count). The molecule has 2 N–H and O–H groups in total. The van der Waals surface area contributed by atoms with E-state index in [9.17, 15) is 4.79 Å². The lowest BCUT2D eigenvalue weighted by Gasteiger charge is -2.35. The van der Waals surface area contributed by atoms with Crippen LogP contribution in [0.3, 0.4) is 0 Å². The Kier molecular flexibility index (Phi) is 5.88. The lowest BCUT2D eigenvalue weighted by molar-refractivity contribution is -0.119. The molecule has 1 aliphatic rings. The molecule has 5 heteroatoms. The number of hydrogen-bond acceptors (Lipinski definition) is 3. The predicted octanol–water partition coefficient (Wildman–Crippen LogP) is 2.55. The largest absolute Gasteiger partial charge is 0.371 e. The first-order chi connectivity index (χ1) is 10.1. The van der Waals surface area contributed by atoms with Crippen molar-refractivity contribution in [3.63, 3.8) is 0 Å². The molecule has 0 bridgehead atoms. The molecule has 1 heterocycles. The minimum Gasteiger partial charge on any atom is -0.371 e. The highest BCUT2D eigenvalue weighted by molar-refractivity contribution is 6.31. The highest BCUT2D eigenvalue weighted by Gasteiger charge is 2.22. The Bertz CT molecular complexity index is 484. The van der Waals surface area contributed by atoms with E-state index in [0.29, 0.717) is 6.04 Å². The van der Waals surface area contributed by atoms with Crippen molar-refractivity contribution in [2.45, 2.75) is 39.3 Å². The zero-order valence-corrected chi connectivity index (χ0v) is 13.5. The minimum absolute atomic E-state index is 0.0593. The maximum Gasteiger partial charge on any atom is 0.217 e. The maximum absolute atomic E-state index is 11.1. The molecule has 0 spiro atoms. The van der Waals surface area contributed by atoms with Gasteiger partial charge in [0.15, 0.2) is 0 Å². The van der Waals surface area contributed by atoms with E-state index in [0.717, 1.165) is 44.0 Å². The van der Waals surface area contributed by atoms with E-state index in [-0.39, 0.29) is 5.91 Å². The smallest absolute Gasteiger partial charge is 0.217 e. The van der Waals surface area contributed by atoms with Gasteiger partial charge in [-0.15, -0.1) is 0 Å². The average Bonchev–Trinajstić information content (AvgIpc) is 2.46. The van der Waals surface area contributed by atoms with Crippen molar-refractivity contribution in [3.05, 3.63) is 28.8 Å². The molecular weight excluding hydrogens is 286 g/mol. The Morgan fingerprint density at radius 3 is 2.71 bits per heavy atom. The van der Waals surface area contributed by atoms with E-state index in [4.69, 9.17) is 11.6 Å². The van der Waals surface area contributed by atoms with Crippen LogP contribution in [0.25, 0.3) is 0 Å². The zero-order chi connectivity index (χ0) is 15.2. The number of piperidine rings is 1. The molecule has 1 saturated heterocycles. The first-order valence-electron chi connectivity index (χ1n) is 7.62. The summed E-state index contributed by atoms with van der Waals surface area (Å²) in [5, 5.41) is 7.18. The topological polar surface area (TPSA) is 44.4 Å². The fraction of sp³-hybridized carbons (Fsp3) is 0.562. The van der Waals surface area contributed by atoms with Gasteiger partial charge >= 0.3 is 0 Å². The fourth-order valence-corrected chi connectivity index (χ4v) is 3.06. The molecule has 116 valence electrons. The van der Waals surface area contributed by atoms with Gasteiger partial charge in [-0.2, -0.15) is 0 Å². The molecule has 0 radical (unpaired) electrons. The quantitative estimate of drug-likeness (QED) is 0.878. The molecule has 0 aromatic heterocycles. The number of amides is 1. The van der Waals surface area contributed by atoms with Crippen molar-refractivity contribution in [1.29, 1.82) is 0 Å². The normalized spacial score (nSPS) is 16.0. The standard InChI is InChI=1S/C16H24ClN3O/c1-3-18-11-14-15(17)5-4-6-16(14)20-9-7-13(8-10-20)19-12(2)21/h4-6,13,18H,3,7-11H2,1-2H3,(H,19,21). The van der Waals surface area contributed by atoms with E-state index in [1.54, 1.807) is 6.92 Å². The van der Waals surface area contributed by atoms with Gasteiger partial charge in [0.25, 0.3) is 0 Å². The Morgan fingerprint density at radius 1 is 1.38 bits per heavy atom. The zero-order valence-electron chi connectivity index (χ0n) is 12.8. The summed E-state index contributed by atoms with van der Waals surface area (Å²) in [6, 6.07) is 6.39. The number of nitrogens with zero attached hydrogens (tertiary/aromatic N) is 1. The molecule has 0 atom stereocenters. The summed E-state index contributed by atoms with van der Waals surface area (Å²) in [6.45, 7) is 7.29. The van der Waals surface area contributed by atoms with Crippen molar-refractivity contribution in [2.24, 2.45) is 0 Å². The van der Waals surface area contributed by atoms with Crippen molar-refractivity contribution >= 4 is 23.2 Å². The summed E-state index contributed by atoms with van der Waals surface area (Å²) in [6.07, 6.45) is 1.96. The van der Waals surface area contributed by atoms with E-state index in [1.807, 2.05) is 12.1 Å². The molecule has 21 heavy (non-hydrogen) atoms. The second-order valence-electron chi connectivity index (χ2n) is 5.48. The van der Waals surface area contributed by atoms with Crippen LogP contribution in [0.1, 0.15) is 32.3 Å². The number of anilines is 1. The number of rotatable bonds is 5. The van der Waals surface area contributed by atoms with Crippen LogP contribution in [0.4, 0.5) is 5.69 Å². The second-order valence-corrected chi connectivity index (χ2v) is 5.89. The van der Waals surface area contributed by atoms with Crippen LogP contribution in [0.15, 0.2) is 18.2 Å². The molecule has 4 nitrogen and oxygen atoms in total. The minimum atomic E-state index is 0.0593. The van der Waals surface area contributed by atoms with Gasteiger partial charge in [-0.25, -0.2) is 0 Å². The van der Waals surface area contributed by atoms with E-state index in [2.05, 4.69) is 28.5 Å². The summed E-state index contributed by atoms with van der Waals surface area (Å²) < 4.78 is 0. The Labute approximate surface area is 131 Å². The number of carbonyl (C=O) groups is 1. The molecule has 1 amide bonds. The average molecular weight is 310 g/mol. The van der Waals surface area contributed by atoms with Crippen LogP contribution in [0, 0.1) is 0 Å². The summed E-state index contributed by atoms with van der Waals surface area (Å²) in [5.74, 6) is 0.0593. The fourth-order valence-electron chi connectivity index (χ4n) is 2.82. The third-order valence-corrected chi connectivity index (χ3v) is 4.24. The number of hydrogen-bond donors (Lipinski definition) is 2. The molecule has 0 unspecified atom stereocenters. The van der Waals surface area contributed by atoms with Gasteiger partial charge in [0.05, 0.1) is 0 Å². The summed E-state index contributed by atoms with van der Waals surface area (Å²) in [7, 11) is 0. The van der Waals surface area contributed by atoms with Crippen LogP contribution in [-0.2, 0) is 11.3 Å². The first-order valence-corrected chi connectivity index (χ1v) is 7.99. The van der Waals surface area contributed by atoms with Crippen LogP contribution >= 0.6 is 11.6 Å². The summed E-state index contributed by atoms with van der Waals surface area (Å²) >= 11 is 6.36. The third kappa shape index (κ3) is 4.35. The molecule has 1 aliphatic heterocycles. The van der Waals surface area contributed by atoms with Gasteiger partial charge in [-0.3, -0.25) is 4.79 Å². The van der Waals surface area contributed by atoms with E-state index in [1.165, 1.54) is 11.3 Å². The third-order valence-electron chi connectivity index (χ3n) is 3.89. The number of carbonyl (C=O) groups excluding carboxylic acids is 1. The van der Waals surface area contributed by atoms with E-state index >= 15 is 0 Å². The predicted molar refractivity (Wildman–Crippen MR) is 87.9 cm³/mol. The number of nitrogens with one attached hydrogen (secondary N) is 2. The van der Waals surface area contributed by atoms with Crippen LogP contribution in [-0.4, -0.2) is 31.6 Å². The van der Waals surface area contributed by atoms with Crippen LogP contribution in [0.2, 0.25) is 5.02 Å². The van der Waals surface area contributed by atoms with Gasteiger partial charge in [-0.1, -0.05) is 24.6 Å². The molecule has 0 aliphatic carbocycles. The monoisotopic (exact) mass is 309 g/mol. The Hall–Kier alpha value is -1.26. The van der Waals surface area contributed by atoms with Gasteiger partial charge < -0.3 is 15.5 Å². The van der Waals surface area contributed by atoms with Crippen molar-refractivity contribution in [1.82, 2.24) is 10.6 Å². The lowest BCUT2D eigenvalue weighted by Crippen LogP contribution is -2.44. The van der Waals surface area contributed by atoms with Gasteiger partial charge in [0.2, 0.25) is 5.91 Å². The SMILES string of the molecule is CCNCc1c(Cl)cccc1N1CCC(NC(C)=O)CC1. The lowest BCUT2D eigenvalue weighted by atomic mass is 10.0. The molecule has 1 fully saturated rings. The second kappa shape index (κ2) is 7.66. The van der Waals surface area contributed by atoms with E-state index < -0.39 is 0 Å². The maximum atomic E-state index is 11.1. The highest BCUT2D eigenvalue weighted by atomic mass is 35.5. The van der Waals surface area contributed by atoms with Crippen LogP contribution in [0.5, 0.6) is 0 Å². The molecule has 1 aromatic carbocycles. The Morgan fingerprint density at radius 2 is 2.10 bits per heavy atom. The molecule has 1 aromatic rings. The Balaban J connectivity index is 2.05. The van der Waals surface area contributed by atoms with Crippen molar-refractivity contribution in [2.75, 3.05) is 24.5 Å². The molecular formula is C16H24ClN3O. The van der Waals surface area contributed by atoms with Gasteiger partial charge in [0, 0.05) is 48.9 Å².